The SMILES string of the molecule is Cc1cc(C)cc(S(=O)(=O)Nc2cc(-c3nc4ncccc4o3)ccn2)c1. The molecule has 0 atom stereocenters. The number of rotatable bonds is 4. The van der Waals surface area contributed by atoms with E-state index in [2.05, 4.69) is 19.7 Å². The van der Waals surface area contributed by atoms with Crippen molar-refractivity contribution in [2.45, 2.75) is 18.7 Å². The largest absolute Gasteiger partial charge is 0.434 e. The third-order valence-electron chi connectivity index (χ3n) is 3.92. The monoisotopic (exact) mass is 380 g/mol. The van der Waals surface area contributed by atoms with Gasteiger partial charge in [0.25, 0.3) is 10.0 Å². The number of aromatic nitrogens is 3. The lowest BCUT2D eigenvalue weighted by Crippen LogP contribution is -2.14. The number of benzene rings is 1. The molecule has 3 aromatic heterocycles. The number of anilines is 1. The number of pyridine rings is 2. The third-order valence-corrected chi connectivity index (χ3v) is 5.25. The molecule has 7 nitrogen and oxygen atoms in total. The molecule has 0 fully saturated rings. The minimum Gasteiger partial charge on any atom is -0.434 e. The topological polar surface area (TPSA) is 98.0 Å². The average Bonchev–Trinajstić information content (AvgIpc) is 3.05. The second-order valence-corrected chi connectivity index (χ2v) is 7.89. The molecule has 27 heavy (non-hydrogen) atoms. The first-order chi connectivity index (χ1) is 12.9. The van der Waals surface area contributed by atoms with Gasteiger partial charge in [-0.05, 0) is 61.4 Å². The number of hydrogen-bond acceptors (Lipinski definition) is 6. The zero-order valence-electron chi connectivity index (χ0n) is 14.7. The van der Waals surface area contributed by atoms with Crippen molar-refractivity contribution in [3.8, 4) is 11.5 Å². The molecule has 0 aliphatic heterocycles. The fourth-order valence-corrected chi connectivity index (χ4v) is 3.98. The molecule has 1 aromatic carbocycles. The fraction of sp³-hybridized carbons (Fsp3) is 0.105. The summed E-state index contributed by atoms with van der Waals surface area (Å²) in [7, 11) is -3.76. The minimum atomic E-state index is -3.76. The summed E-state index contributed by atoms with van der Waals surface area (Å²) in [5.41, 5.74) is 3.39. The molecule has 0 saturated heterocycles. The molecule has 0 aliphatic carbocycles. The van der Waals surface area contributed by atoms with Gasteiger partial charge in [0, 0.05) is 18.0 Å². The Morgan fingerprint density at radius 1 is 0.963 bits per heavy atom. The standard InChI is InChI=1S/C19H16N4O3S/c1-12-8-13(2)10-15(9-12)27(24,25)23-17-11-14(5-7-20-17)19-22-18-16(26-19)4-3-6-21-18/h3-11H,1-2H3,(H,20,23). The van der Waals surface area contributed by atoms with Gasteiger partial charge in [0.1, 0.15) is 5.82 Å². The maximum absolute atomic E-state index is 12.7. The first-order valence-electron chi connectivity index (χ1n) is 8.20. The van der Waals surface area contributed by atoms with Gasteiger partial charge >= 0.3 is 0 Å². The maximum Gasteiger partial charge on any atom is 0.263 e. The van der Waals surface area contributed by atoms with E-state index in [0.717, 1.165) is 11.1 Å². The van der Waals surface area contributed by atoms with Crippen molar-refractivity contribution in [2.24, 2.45) is 0 Å². The van der Waals surface area contributed by atoms with E-state index in [1.807, 2.05) is 19.9 Å². The van der Waals surface area contributed by atoms with Crippen LogP contribution in [0.2, 0.25) is 0 Å². The molecular formula is C19H16N4O3S. The summed E-state index contributed by atoms with van der Waals surface area (Å²) >= 11 is 0. The van der Waals surface area contributed by atoms with E-state index in [4.69, 9.17) is 4.42 Å². The van der Waals surface area contributed by atoms with Gasteiger partial charge in [0.15, 0.2) is 11.2 Å². The average molecular weight is 380 g/mol. The smallest absolute Gasteiger partial charge is 0.263 e. The number of aryl methyl sites for hydroxylation is 2. The second-order valence-electron chi connectivity index (χ2n) is 6.20. The lowest BCUT2D eigenvalue weighted by molar-refractivity contribution is 0.600. The van der Waals surface area contributed by atoms with Crippen molar-refractivity contribution in [1.82, 2.24) is 15.0 Å². The summed E-state index contributed by atoms with van der Waals surface area (Å²) in [6.07, 6.45) is 3.13. The van der Waals surface area contributed by atoms with Gasteiger partial charge in [-0.25, -0.2) is 18.4 Å². The molecule has 0 spiro atoms. The van der Waals surface area contributed by atoms with Crippen LogP contribution >= 0.6 is 0 Å². The van der Waals surface area contributed by atoms with Crippen LogP contribution < -0.4 is 4.72 Å². The van der Waals surface area contributed by atoms with Crippen molar-refractivity contribution >= 4 is 27.1 Å². The molecular weight excluding hydrogens is 364 g/mol. The zero-order chi connectivity index (χ0) is 19.0. The zero-order valence-corrected chi connectivity index (χ0v) is 15.5. The Balaban J connectivity index is 1.68. The summed E-state index contributed by atoms with van der Waals surface area (Å²) < 4.78 is 33.6. The molecule has 0 unspecified atom stereocenters. The Morgan fingerprint density at radius 2 is 1.74 bits per heavy atom. The van der Waals surface area contributed by atoms with Gasteiger partial charge in [-0.15, -0.1) is 0 Å². The van der Waals surface area contributed by atoms with E-state index in [-0.39, 0.29) is 10.7 Å². The maximum atomic E-state index is 12.7. The summed E-state index contributed by atoms with van der Waals surface area (Å²) in [5.74, 6) is 0.528. The third kappa shape index (κ3) is 3.52. The van der Waals surface area contributed by atoms with E-state index in [9.17, 15) is 8.42 Å². The molecule has 1 N–H and O–H groups in total. The molecule has 8 heteroatoms. The Hall–Kier alpha value is -3.26. The highest BCUT2D eigenvalue weighted by atomic mass is 32.2. The van der Waals surface area contributed by atoms with Crippen molar-refractivity contribution in [1.29, 1.82) is 0 Å². The number of fused-ring (bicyclic) bond motifs is 1. The summed E-state index contributed by atoms with van der Waals surface area (Å²) in [5, 5.41) is 0. The highest BCUT2D eigenvalue weighted by molar-refractivity contribution is 7.92. The van der Waals surface area contributed by atoms with Crippen molar-refractivity contribution < 1.29 is 12.8 Å². The summed E-state index contributed by atoms with van der Waals surface area (Å²) in [6, 6.07) is 11.9. The van der Waals surface area contributed by atoms with Gasteiger partial charge in [0.05, 0.1) is 4.90 Å². The van der Waals surface area contributed by atoms with Crippen molar-refractivity contribution in [2.75, 3.05) is 4.72 Å². The molecule has 3 heterocycles. The van der Waals surface area contributed by atoms with E-state index < -0.39 is 10.0 Å². The molecule has 0 saturated carbocycles. The van der Waals surface area contributed by atoms with Crippen LogP contribution in [-0.4, -0.2) is 23.4 Å². The van der Waals surface area contributed by atoms with Crippen LogP contribution in [0.1, 0.15) is 11.1 Å². The van der Waals surface area contributed by atoms with Gasteiger partial charge in [-0.3, -0.25) is 4.72 Å². The lowest BCUT2D eigenvalue weighted by atomic mass is 10.2. The highest BCUT2D eigenvalue weighted by Crippen LogP contribution is 2.25. The highest BCUT2D eigenvalue weighted by Gasteiger charge is 2.17. The van der Waals surface area contributed by atoms with Gasteiger partial charge in [-0.1, -0.05) is 6.07 Å². The van der Waals surface area contributed by atoms with Crippen molar-refractivity contribution in [3.63, 3.8) is 0 Å². The lowest BCUT2D eigenvalue weighted by Gasteiger charge is -2.09. The Labute approximate surface area is 156 Å². The first-order valence-corrected chi connectivity index (χ1v) is 9.68. The number of oxazole rings is 1. The van der Waals surface area contributed by atoms with Crippen molar-refractivity contribution in [3.05, 3.63) is 66.0 Å². The van der Waals surface area contributed by atoms with Crippen LogP contribution in [0.4, 0.5) is 5.82 Å². The number of nitrogens with one attached hydrogen (secondary N) is 1. The van der Waals surface area contributed by atoms with Crippen LogP contribution in [0.3, 0.4) is 0 Å². The molecule has 0 aliphatic rings. The van der Waals surface area contributed by atoms with Crippen LogP contribution in [0.5, 0.6) is 0 Å². The quantitative estimate of drug-likeness (QED) is 0.580. The molecule has 0 amide bonds. The molecule has 0 bridgehead atoms. The number of nitrogens with zero attached hydrogens (tertiary/aromatic N) is 3. The van der Waals surface area contributed by atoms with Crippen LogP contribution in [0.25, 0.3) is 22.7 Å². The number of hydrogen-bond donors (Lipinski definition) is 1. The van der Waals surface area contributed by atoms with Gasteiger partial charge < -0.3 is 4.42 Å². The normalized spacial score (nSPS) is 11.6. The van der Waals surface area contributed by atoms with Crippen LogP contribution in [-0.2, 0) is 10.0 Å². The molecule has 4 rings (SSSR count). The van der Waals surface area contributed by atoms with Crippen LogP contribution in [0, 0.1) is 13.8 Å². The van der Waals surface area contributed by atoms with Gasteiger partial charge in [0.2, 0.25) is 5.89 Å². The predicted molar refractivity (Wildman–Crippen MR) is 102 cm³/mol. The van der Waals surface area contributed by atoms with E-state index >= 15 is 0 Å². The van der Waals surface area contributed by atoms with E-state index in [1.165, 1.54) is 6.20 Å². The Kier molecular flexibility index (Phi) is 4.12. The summed E-state index contributed by atoms with van der Waals surface area (Å²) in [4.78, 5) is 12.7. The molecule has 0 radical (unpaired) electrons. The molecule has 4 aromatic rings. The first kappa shape index (κ1) is 17.2. The fourth-order valence-electron chi connectivity index (χ4n) is 2.80. The molecule has 136 valence electrons. The van der Waals surface area contributed by atoms with E-state index in [1.54, 1.807) is 42.6 Å². The van der Waals surface area contributed by atoms with Gasteiger partial charge in [-0.2, -0.15) is 4.98 Å². The number of sulfonamides is 1. The van der Waals surface area contributed by atoms with Crippen LogP contribution in [0.15, 0.2) is 64.2 Å². The minimum absolute atomic E-state index is 0.182. The second kappa shape index (κ2) is 6.48. The Bertz CT molecular complexity index is 1200. The predicted octanol–water partition coefficient (Wildman–Crippen LogP) is 3.70. The Morgan fingerprint density at radius 3 is 2.48 bits per heavy atom. The van der Waals surface area contributed by atoms with E-state index in [0.29, 0.717) is 22.7 Å². The summed E-state index contributed by atoms with van der Waals surface area (Å²) in [6.45, 7) is 3.71.